The minimum atomic E-state index is 0.0221. The van der Waals surface area contributed by atoms with E-state index in [2.05, 4.69) is 15.4 Å². The zero-order valence-electron chi connectivity index (χ0n) is 15.4. The topological polar surface area (TPSA) is 61.2 Å². The number of hydrogen-bond acceptors (Lipinski definition) is 5. The lowest BCUT2D eigenvalue weighted by molar-refractivity contribution is -0.0384. The normalized spacial score (nSPS) is 26.6. The first-order chi connectivity index (χ1) is 12.8. The van der Waals surface area contributed by atoms with E-state index in [4.69, 9.17) is 9.47 Å². The van der Waals surface area contributed by atoms with E-state index in [0.29, 0.717) is 12.1 Å². The second-order valence-corrected chi connectivity index (χ2v) is 7.24. The van der Waals surface area contributed by atoms with Gasteiger partial charge >= 0.3 is 0 Å². The van der Waals surface area contributed by atoms with Crippen molar-refractivity contribution in [2.45, 2.75) is 63.3 Å². The van der Waals surface area contributed by atoms with Crippen LogP contribution < -0.4 is 10.1 Å². The van der Waals surface area contributed by atoms with Crippen molar-refractivity contribution in [3.63, 3.8) is 0 Å². The highest BCUT2D eigenvalue weighted by Crippen LogP contribution is 2.29. The summed E-state index contributed by atoms with van der Waals surface area (Å²) >= 11 is 0. The molecule has 1 atom stereocenters. The van der Waals surface area contributed by atoms with Crippen molar-refractivity contribution >= 4 is 0 Å². The van der Waals surface area contributed by atoms with Crippen molar-refractivity contribution in [2.75, 3.05) is 13.7 Å². The van der Waals surface area contributed by atoms with Crippen LogP contribution in [-0.2, 0) is 4.74 Å². The van der Waals surface area contributed by atoms with Gasteiger partial charge in [-0.3, -0.25) is 4.98 Å². The van der Waals surface area contributed by atoms with Crippen molar-refractivity contribution in [3.8, 4) is 17.1 Å². The van der Waals surface area contributed by atoms with Gasteiger partial charge in [-0.1, -0.05) is 0 Å². The van der Waals surface area contributed by atoms with Crippen molar-refractivity contribution < 1.29 is 9.47 Å². The monoisotopic (exact) mass is 356 g/mol. The Bertz CT molecular complexity index is 686. The molecule has 140 valence electrons. The van der Waals surface area contributed by atoms with Crippen LogP contribution >= 0.6 is 0 Å². The number of hydrogen-bond donors (Lipinski definition) is 1. The molecule has 0 amide bonds. The molecule has 6 nitrogen and oxygen atoms in total. The molecule has 4 rings (SSSR count). The summed E-state index contributed by atoms with van der Waals surface area (Å²) < 4.78 is 14.0. The number of ether oxygens (including phenoxy) is 2. The Kier molecular flexibility index (Phi) is 5.51. The first kappa shape index (κ1) is 17.5. The van der Waals surface area contributed by atoms with Crippen molar-refractivity contribution in [1.82, 2.24) is 20.1 Å². The lowest BCUT2D eigenvalue weighted by Crippen LogP contribution is -2.34. The molecule has 0 bridgehead atoms. The van der Waals surface area contributed by atoms with E-state index >= 15 is 0 Å². The molecule has 2 aromatic heterocycles. The van der Waals surface area contributed by atoms with Crippen LogP contribution in [0, 0.1) is 0 Å². The first-order valence-corrected chi connectivity index (χ1v) is 9.79. The molecule has 1 saturated carbocycles. The fourth-order valence-corrected chi connectivity index (χ4v) is 3.93. The predicted molar refractivity (Wildman–Crippen MR) is 100 cm³/mol. The summed E-state index contributed by atoms with van der Waals surface area (Å²) in [5.74, 6) is 0.849. The molecule has 2 fully saturated rings. The Morgan fingerprint density at radius 3 is 2.69 bits per heavy atom. The van der Waals surface area contributed by atoms with Gasteiger partial charge in [0, 0.05) is 18.8 Å². The molecular formula is C20H28N4O2. The van der Waals surface area contributed by atoms with Crippen LogP contribution in [0.4, 0.5) is 0 Å². The standard InChI is InChI=1S/C20H28N4O2/c1-21-15-5-7-16(8-6-15)26-17-9-10-18(22-14-17)19-11-12-23-24(19)20-4-2-3-13-25-20/h9-12,14-16,20-21H,2-8,13H2,1H3/t15-,16+,20?. The zero-order valence-corrected chi connectivity index (χ0v) is 15.4. The SMILES string of the molecule is CN[C@H]1CC[C@@H](Oc2ccc(-c3ccnn3C3CCCCO3)nc2)CC1. The van der Waals surface area contributed by atoms with E-state index < -0.39 is 0 Å². The van der Waals surface area contributed by atoms with Crippen LogP contribution in [0.3, 0.4) is 0 Å². The van der Waals surface area contributed by atoms with Gasteiger partial charge in [-0.05, 0) is 70.2 Å². The Balaban J connectivity index is 1.41. The third kappa shape index (κ3) is 3.91. The summed E-state index contributed by atoms with van der Waals surface area (Å²) in [4.78, 5) is 4.62. The summed E-state index contributed by atoms with van der Waals surface area (Å²) in [7, 11) is 2.04. The van der Waals surface area contributed by atoms with Crippen LogP contribution in [0.25, 0.3) is 11.4 Å². The second-order valence-electron chi connectivity index (χ2n) is 7.24. The third-order valence-electron chi connectivity index (χ3n) is 5.48. The Morgan fingerprint density at radius 1 is 1.12 bits per heavy atom. The predicted octanol–water partition coefficient (Wildman–Crippen LogP) is 3.55. The summed E-state index contributed by atoms with van der Waals surface area (Å²) in [5.41, 5.74) is 1.90. The van der Waals surface area contributed by atoms with Gasteiger partial charge in [0.2, 0.25) is 0 Å². The lowest BCUT2D eigenvalue weighted by Gasteiger charge is -2.28. The lowest BCUT2D eigenvalue weighted by atomic mass is 9.93. The van der Waals surface area contributed by atoms with Gasteiger partial charge in [0.25, 0.3) is 0 Å². The number of nitrogens with zero attached hydrogens (tertiary/aromatic N) is 3. The molecule has 1 saturated heterocycles. The van der Waals surface area contributed by atoms with E-state index in [1.807, 2.05) is 42.3 Å². The van der Waals surface area contributed by atoms with Crippen LogP contribution in [0.15, 0.2) is 30.6 Å². The van der Waals surface area contributed by atoms with E-state index in [-0.39, 0.29) is 6.23 Å². The molecule has 26 heavy (non-hydrogen) atoms. The van der Waals surface area contributed by atoms with Gasteiger partial charge in [0.1, 0.15) is 5.75 Å². The summed E-state index contributed by atoms with van der Waals surface area (Å²) in [6, 6.07) is 6.67. The fourth-order valence-electron chi connectivity index (χ4n) is 3.93. The van der Waals surface area contributed by atoms with Gasteiger partial charge in [0.05, 0.1) is 23.7 Å². The van der Waals surface area contributed by atoms with Crippen LogP contribution in [-0.4, -0.2) is 40.6 Å². The highest BCUT2D eigenvalue weighted by molar-refractivity contribution is 5.54. The van der Waals surface area contributed by atoms with E-state index in [0.717, 1.165) is 49.4 Å². The quantitative estimate of drug-likeness (QED) is 0.888. The maximum atomic E-state index is 6.13. The van der Waals surface area contributed by atoms with Crippen LogP contribution in [0.5, 0.6) is 5.75 Å². The van der Waals surface area contributed by atoms with E-state index in [9.17, 15) is 0 Å². The second kappa shape index (κ2) is 8.18. The molecule has 3 heterocycles. The van der Waals surface area contributed by atoms with E-state index in [1.165, 1.54) is 19.3 Å². The minimum absolute atomic E-state index is 0.0221. The Labute approximate surface area is 154 Å². The van der Waals surface area contributed by atoms with Crippen LogP contribution in [0.1, 0.15) is 51.2 Å². The average molecular weight is 356 g/mol. The number of pyridine rings is 1. The van der Waals surface area contributed by atoms with E-state index in [1.54, 1.807) is 0 Å². The highest BCUT2D eigenvalue weighted by Gasteiger charge is 2.22. The molecule has 2 aromatic rings. The number of rotatable bonds is 5. The smallest absolute Gasteiger partial charge is 0.150 e. The zero-order chi connectivity index (χ0) is 17.8. The van der Waals surface area contributed by atoms with Crippen molar-refractivity contribution in [2.24, 2.45) is 0 Å². The minimum Gasteiger partial charge on any atom is -0.489 e. The van der Waals surface area contributed by atoms with Crippen molar-refractivity contribution in [1.29, 1.82) is 0 Å². The molecule has 1 unspecified atom stereocenters. The van der Waals surface area contributed by atoms with Gasteiger partial charge in [0.15, 0.2) is 6.23 Å². The molecule has 1 aliphatic carbocycles. The molecule has 0 radical (unpaired) electrons. The van der Waals surface area contributed by atoms with Crippen molar-refractivity contribution in [3.05, 3.63) is 30.6 Å². The summed E-state index contributed by atoms with van der Waals surface area (Å²) in [6.07, 6.45) is 11.8. The maximum Gasteiger partial charge on any atom is 0.150 e. The highest BCUT2D eigenvalue weighted by atomic mass is 16.5. The molecular weight excluding hydrogens is 328 g/mol. The van der Waals surface area contributed by atoms with Gasteiger partial charge in [-0.25, -0.2) is 4.68 Å². The fraction of sp³-hybridized carbons (Fsp3) is 0.600. The largest absolute Gasteiger partial charge is 0.489 e. The average Bonchev–Trinajstić information content (AvgIpc) is 3.20. The number of nitrogens with one attached hydrogen (secondary N) is 1. The molecule has 1 aliphatic heterocycles. The maximum absolute atomic E-state index is 6.13. The Hall–Kier alpha value is -1.92. The van der Waals surface area contributed by atoms with Crippen LogP contribution in [0.2, 0.25) is 0 Å². The Morgan fingerprint density at radius 2 is 2.00 bits per heavy atom. The van der Waals surface area contributed by atoms with Gasteiger partial charge < -0.3 is 14.8 Å². The molecule has 6 heteroatoms. The molecule has 0 aromatic carbocycles. The first-order valence-electron chi connectivity index (χ1n) is 9.79. The summed E-state index contributed by atoms with van der Waals surface area (Å²) in [6.45, 7) is 0.806. The van der Waals surface area contributed by atoms with Gasteiger partial charge in [-0.2, -0.15) is 5.10 Å². The molecule has 1 N–H and O–H groups in total. The number of aromatic nitrogens is 3. The molecule has 0 spiro atoms. The summed E-state index contributed by atoms with van der Waals surface area (Å²) in [5, 5.41) is 7.82. The van der Waals surface area contributed by atoms with Gasteiger partial charge in [-0.15, -0.1) is 0 Å². The molecule has 2 aliphatic rings. The third-order valence-corrected chi connectivity index (χ3v) is 5.48.